The van der Waals surface area contributed by atoms with Crippen LogP contribution in [0.3, 0.4) is 0 Å². The molecule has 1 atom stereocenters. The van der Waals surface area contributed by atoms with Crippen molar-refractivity contribution in [3.63, 3.8) is 0 Å². The van der Waals surface area contributed by atoms with Gasteiger partial charge < -0.3 is 0 Å². The Hall–Kier alpha value is -3.44. The zero-order chi connectivity index (χ0) is 21.5. The molecule has 0 spiro atoms. The lowest BCUT2D eigenvalue weighted by molar-refractivity contribution is 0.574. The minimum absolute atomic E-state index is 0.305. The Balaban J connectivity index is 1.79. The number of halogens is 1. The van der Waals surface area contributed by atoms with Crippen molar-refractivity contribution in [2.75, 3.05) is 0 Å². The van der Waals surface area contributed by atoms with E-state index in [-0.39, 0.29) is 5.82 Å². The standard InChI is InChI=1S/C27H21FNOP/c28-24-19-16-22(17-20-24)18-21-27(23-10-4-1-5-11-23)29-31(30,25-12-6-2-7-13-25)26-14-8-3-9-15-26/h1-17,19-20,27H,(H,29,30)/t27-/m1/s1. The van der Waals surface area contributed by atoms with Gasteiger partial charge in [-0.3, -0.25) is 4.57 Å². The monoisotopic (exact) mass is 425 g/mol. The highest BCUT2D eigenvalue weighted by Crippen LogP contribution is 2.41. The van der Waals surface area contributed by atoms with Gasteiger partial charge in [0.25, 0.3) is 0 Å². The topological polar surface area (TPSA) is 29.1 Å². The zero-order valence-corrected chi connectivity index (χ0v) is 17.7. The number of hydrogen-bond acceptors (Lipinski definition) is 1. The van der Waals surface area contributed by atoms with E-state index in [0.29, 0.717) is 16.2 Å². The maximum Gasteiger partial charge on any atom is 0.205 e. The normalized spacial score (nSPS) is 11.9. The van der Waals surface area contributed by atoms with E-state index < -0.39 is 13.3 Å². The van der Waals surface area contributed by atoms with Crippen molar-refractivity contribution in [3.05, 3.63) is 132 Å². The van der Waals surface area contributed by atoms with Crippen molar-refractivity contribution in [3.8, 4) is 11.8 Å². The second-order valence-corrected chi connectivity index (χ2v) is 9.54. The summed E-state index contributed by atoms with van der Waals surface area (Å²) in [6, 6.07) is 34.1. The van der Waals surface area contributed by atoms with Gasteiger partial charge >= 0.3 is 0 Å². The zero-order valence-electron chi connectivity index (χ0n) is 16.8. The molecule has 4 aromatic rings. The van der Waals surface area contributed by atoms with Gasteiger partial charge in [0.15, 0.2) is 0 Å². The fourth-order valence-corrected chi connectivity index (χ4v) is 5.64. The summed E-state index contributed by atoms with van der Waals surface area (Å²) in [7, 11) is -3.19. The molecule has 2 nitrogen and oxygen atoms in total. The summed E-state index contributed by atoms with van der Waals surface area (Å²) < 4.78 is 27.7. The van der Waals surface area contributed by atoms with E-state index in [1.807, 2.05) is 91.0 Å². The van der Waals surface area contributed by atoms with E-state index in [2.05, 4.69) is 16.9 Å². The first-order valence-electron chi connectivity index (χ1n) is 9.96. The van der Waals surface area contributed by atoms with Crippen LogP contribution in [0, 0.1) is 17.7 Å². The average molecular weight is 425 g/mol. The van der Waals surface area contributed by atoms with E-state index in [1.54, 1.807) is 12.1 Å². The second-order valence-electron chi connectivity index (χ2n) is 7.03. The third-order valence-electron chi connectivity index (χ3n) is 4.89. The van der Waals surface area contributed by atoms with Crippen molar-refractivity contribution in [1.82, 2.24) is 5.09 Å². The van der Waals surface area contributed by atoms with Crippen molar-refractivity contribution in [2.45, 2.75) is 6.04 Å². The molecule has 0 bridgehead atoms. The van der Waals surface area contributed by atoms with E-state index in [4.69, 9.17) is 0 Å². The molecule has 0 radical (unpaired) electrons. The molecule has 0 amide bonds. The van der Waals surface area contributed by atoms with Crippen LogP contribution in [0.2, 0.25) is 0 Å². The van der Waals surface area contributed by atoms with Crippen LogP contribution in [0.4, 0.5) is 4.39 Å². The van der Waals surface area contributed by atoms with Crippen LogP contribution in [0.25, 0.3) is 0 Å². The maximum absolute atomic E-state index is 14.4. The molecule has 152 valence electrons. The van der Waals surface area contributed by atoms with Crippen LogP contribution in [-0.2, 0) is 4.57 Å². The Morgan fingerprint density at radius 2 is 1.16 bits per heavy atom. The Kier molecular flexibility index (Phi) is 6.43. The molecular weight excluding hydrogens is 404 g/mol. The van der Waals surface area contributed by atoms with Crippen molar-refractivity contribution in [1.29, 1.82) is 0 Å². The molecule has 0 saturated carbocycles. The summed E-state index contributed by atoms with van der Waals surface area (Å²) in [6.45, 7) is 0. The third kappa shape index (κ3) is 5.01. The van der Waals surface area contributed by atoms with Gasteiger partial charge in [0.05, 0.1) is 0 Å². The van der Waals surface area contributed by atoms with Crippen LogP contribution >= 0.6 is 7.29 Å². The number of benzene rings is 4. The number of rotatable bonds is 5. The van der Waals surface area contributed by atoms with E-state index in [1.165, 1.54) is 12.1 Å². The molecule has 0 heterocycles. The van der Waals surface area contributed by atoms with Crippen LogP contribution in [-0.4, -0.2) is 0 Å². The molecular formula is C27H21FNOP. The largest absolute Gasteiger partial charge is 0.296 e. The van der Waals surface area contributed by atoms with Gasteiger partial charge in [0.2, 0.25) is 7.29 Å². The molecule has 0 unspecified atom stereocenters. The first-order valence-corrected chi connectivity index (χ1v) is 11.7. The summed E-state index contributed by atoms with van der Waals surface area (Å²) in [4.78, 5) is 0. The van der Waals surface area contributed by atoms with Crippen molar-refractivity contribution >= 4 is 17.9 Å². The molecule has 0 aliphatic carbocycles. The van der Waals surface area contributed by atoms with Crippen molar-refractivity contribution in [2.24, 2.45) is 0 Å². The first kappa shape index (κ1) is 20.8. The van der Waals surface area contributed by atoms with Crippen LogP contribution in [0.5, 0.6) is 0 Å². The van der Waals surface area contributed by atoms with Gasteiger partial charge in [-0.2, -0.15) is 0 Å². The summed E-state index contributed by atoms with van der Waals surface area (Å²) >= 11 is 0. The van der Waals surface area contributed by atoms with E-state index >= 15 is 0 Å². The average Bonchev–Trinajstić information content (AvgIpc) is 2.84. The quantitative estimate of drug-likeness (QED) is 0.341. The highest BCUT2D eigenvalue weighted by Gasteiger charge is 2.30. The second kappa shape index (κ2) is 9.58. The van der Waals surface area contributed by atoms with Crippen LogP contribution in [0.1, 0.15) is 17.2 Å². The summed E-state index contributed by atoms with van der Waals surface area (Å²) in [5.74, 6) is 6.00. The minimum atomic E-state index is -3.19. The lowest BCUT2D eigenvalue weighted by atomic mass is 10.1. The Morgan fingerprint density at radius 3 is 1.68 bits per heavy atom. The van der Waals surface area contributed by atoms with Gasteiger partial charge in [-0.15, -0.1) is 0 Å². The molecule has 4 rings (SSSR count). The minimum Gasteiger partial charge on any atom is -0.296 e. The highest BCUT2D eigenvalue weighted by molar-refractivity contribution is 7.76. The Bertz CT molecular complexity index is 1190. The highest BCUT2D eigenvalue weighted by atomic mass is 31.2. The predicted molar refractivity (Wildman–Crippen MR) is 125 cm³/mol. The summed E-state index contributed by atoms with van der Waals surface area (Å²) in [6.07, 6.45) is 0. The lowest BCUT2D eigenvalue weighted by Gasteiger charge is -2.24. The molecule has 0 saturated heterocycles. The molecule has 0 aromatic heterocycles. The number of nitrogens with one attached hydrogen (secondary N) is 1. The van der Waals surface area contributed by atoms with Gasteiger partial charge in [0, 0.05) is 16.2 Å². The van der Waals surface area contributed by atoms with Crippen LogP contribution < -0.4 is 15.7 Å². The van der Waals surface area contributed by atoms with Crippen LogP contribution in [0.15, 0.2) is 115 Å². The Labute approximate surface area is 182 Å². The third-order valence-corrected chi connectivity index (χ3v) is 7.56. The smallest absolute Gasteiger partial charge is 0.205 e. The van der Waals surface area contributed by atoms with Gasteiger partial charge in [0.1, 0.15) is 11.9 Å². The maximum atomic E-state index is 14.4. The van der Waals surface area contributed by atoms with E-state index in [0.717, 1.165) is 5.56 Å². The fraction of sp³-hybridized carbons (Fsp3) is 0.0370. The molecule has 1 N–H and O–H groups in total. The van der Waals surface area contributed by atoms with Crippen molar-refractivity contribution < 1.29 is 8.96 Å². The molecule has 0 aliphatic rings. The van der Waals surface area contributed by atoms with Gasteiger partial charge in [-0.1, -0.05) is 78.6 Å². The van der Waals surface area contributed by atoms with Gasteiger partial charge in [-0.25, -0.2) is 9.48 Å². The summed E-state index contributed by atoms with van der Waals surface area (Å²) in [5.41, 5.74) is 1.60. The SMILES string of the molecule is O=P(N[C@H](C#Cc1ccc(F)cc1)c1ccccc1)(c1ccccc1)c1ccccc1. The fourth-order valence-electron chi connectivity index (χ4n) is 3.28. The van der Waals surface area contributed by atoms with E-state index in [9.17, 15) is 8.96 Å². The number of hydrogen-bond donors (Lipinski definition) is 1. The lowest BCUT2D eigenvalue weighted by Crippen LogP contribution is -2.30. The molecule has 4 aromatic carbocycles. The molecule has 4 heteroatoms. The molecule has 0 aliphatic heterocycles. The molecule has 0 fully saturated rings. The first-order chi connectivity index (χ1) is 15.1. The predicted octanol–water partition coefficient (Wildman–Crippen LogP) is 5.44. The summed E-state index contributed by atoms with van der Waals surface area (Å²) in [5, 5.41) is 4.80. The molecule has 31 heavy (non-hydrogen) atoms. The Morgan fingerprint density at radius 1 is 0.677 bits per heavy atom. The van der Waals surface area contributed by atoms with Gasteiger partial charge in [-0.05, 0) is 54.1 Å².